The Morgan fingerprint density at radius 1 is 1.29 bits per heavy atom. The maximum atomic E-state index is 3.68. The lowest BCUT2D eigenvalue weighted by molar-refractivity contribution is 0.389. The van der Waals surface area contributed by atoms with Gasteiger partial charge in [-0.25, -0.2) is 0 Å². The maximum Gasteiger partial charge on any atom is 0.000529 e. The van der Waals surface area contributed by atoms with E-state index in [0.717, 1.165) is 17.8 Å². The Kier molecular flexibility index (Phi) is 1.98. The van der Waals surface area contributed by atoms with Crippen LogP contribution >= 0.6 is 0 Å². The number of rotatable bonds is 4. The van der Waals surface area contributed by atoms with Crippen LogP contribution in [-0.4, -0.2) is 13.1 Å². The molecule has 0 amide bonds. The summed E-state index contributed by atoms with van der Waals surface area (Å²) < 4.78 is 0. The highest BCUT2D eigenvalue weighted by molar-refractivity contribution is 5.10. The molecule has 14 heavy (non-hydrogen) atoms. The van der Waals surface area contributed by atoms with Crippen molar-refractivity contribution in [2.24, 2.45) is 23.2 Å². The summed E-state index contributed by atoms with van der Waals surface area (Å²) in [5.74, 6) is 2.80. The molecule has 0 heterocycles. The van der Waals surface area contributed by atoms with Gasteiger partial charge >= 0.3 is 0 Å². The molecular weight excluding hydrogens is 170 g/mol. The Morgan fingerprint density at radius 3 is 2.71 bits per heavy atom. The third-order valence-corrected chi connectivity index (χ3v) is 4.48. The van der Waals surface area contributed by atoms with Crippen LogP contribution in [-0.2, 0) is 0 Å². The summed E-state index contributed by atoms with van der Waals surface area (Å²) in [5, 5.41) is 3.68. The molecule has 2 bridgehead atoms. The van der Waals surface area contributed by atoms with Crippen LogP contribution in [0.5, 0.6) is 0 Å². The monoisotopic (exact) mass is 191 g/mol. The number of allylic oxidation sites excluding steroid dienone is 2. The Hall–Kier alpha value is -0.300. The maximum absolute atomic E-state index is 3.68. The summed E-state index contributed by atoms with van der Waals surface area (Å²) in [6.07, 6.45) is 10.7. The van der Waals surface area contributed by atoms with Gasteiger partial charge in [-0.1, -0.05) is 19.1 Å². The molecule has 2 fully saturated rings. The summed E-state index contributed by atoms with van der Waals surface area (Å²) >= 11 is 0. The van der Waals surface area contributed by atoms with Gasteiger partial charge in [0.25, 0.3) is 0 Å². The van der Waals surface area contributed by atoms with Crippen LogP contribution in [0, 0.1) is 23.2 Å². The second-order valence-electron chi connectivity index (χ2n) is 5.98. The van der Waals surface area contributed by atoms with Crippen LogP contribution in [0.15, 0.2) is 12.2 Å². The first kappa shape index (κ1) is 8.96. The van der Waals surface area contributed by atoms with E-state index in [1.807, 2.05) is 0 Å². The number of hydrogen-bond donors (Lipinski definition) is 1. The zero-order chi connectivity index (χ0) is 9.60. The van der Waals surface area contributed by atoms with E-state index in [-0.39, 0.29) is 0 Å². The predicted molar refractivity (Wildman–Crippen MR) is 59.1 cm³/mol. The van der Waals surface area contributed by atoms with E-state index in [1.54, 1.807) is 0 Å². The second kappa shape index (κ2) is 3.10. The third-order valence-electron chi connectivity index (χ3n) is 4.48. The van der Waals surface area contributed by atoms with Crippen molar-refractivity contribution in [1.29, 1.82) is 0 Å². The van der Waals surface area contributed by atoms with Crippen LogP contribution < -0.4 is 5.32 Å². The second-order valence-corrected chi connectivity index (χ2v) is 5.98. The van der Waals surface area contributed by atoms with Crippen molar-refractivity contribution in [1.82, 2.24) is 5.32 Å². The first-order chi connectivity index (χ1) is 6.75. The minimum Gasteiger partial charge on any atom is -0.316 e. The minimum atomic E-state index is 0.674. The summed E-state index contributed by atoms with van der Waals surface area (Å²) in [6.45, 7) is 4.92. The van der Waals surface area contributed by atoms with Crippen molar-refractivity contribution >= 4 is 0 Å². The molecule has 0 aromatic rings. The summed E-state index contributed by atoms with van der Waals surface area (Å²) in [7, 11) is 0. The molecule has 0 aromatic carbocycles. The largest absolute Gasteiger partial charge is 0.316 e. The quantitative estimate of drug-likeness (QED) is 0.673. The fourth-order valence-electron chi connectivity index (χ4n) is 3.08. The fraction of sp³-hybridized carbons (Fsp3) is 0.846. The van der Waals surface area contributed by atoms with Crippen molar-refractivity contribution in [2.45, 2.75) is 32.6 Å². The van der Waals surface area contributed by atoms with Crippen LogP contribution in [0.2, 0.25) is 0 Å². The van der Waals surface area contributed by atoms with Crippen LogP contribution in [0.25, 0.3) is 0 Å². The third kappa shape index (κ3) is 1.63. The zero-order valence-corrected chi connectivity index (χ0v) is 9.13. The fourth-order valence-corrected chi connectivity index (χ4v) is 3.08. The smallest absolute Gasteiger partial charge is 0.000529 e. The van der Waals surface area contributed by atoms with Crippen LogP contribution in [0.3, 0.4) is 0 Å². The highest BCUT2D eigenvalue weighted by Crippen LogP contribution is 2.45. The molecule has 1 nitrogen and oxygen atoms in total. The van der Waals surface area contributed by atoms with Gasteiger partial charge in [0.15, 0.2) is 0 Å². The van der Waals surface area contributed by atoms with Gasteiger partial charge < -0.3 is 5.32 Å². The van der Waals surface area contributed by atoms with Crippen molar-refractivity contribution in [2.75, 3.05) is 13.1 Å². The average molecular weight is 191 g/mol. The van der Waals surface area contributed by atoms with Gasteiger partial charge in [0.1, 0.15) is 0 Å². The van der Waals surface area contributed by atoms with E-state index >= 15 is 0 Å². The molecule has 3 aliphatic rings. The van der Waals surface area contributed by atoms with Gasteiger partial charge in [-0.3, -0.25) is 0 Å². The highest BCUT2D eigenvalue weighted by Gasteiger charge is 2.38. The summed E-state index contributed by atoms with van der Waals surface area (Å²) in [4.78, 5) is 0. The SMILES string of the molecule is CC1(CNCC2CC3C=CC2C3)CC1. The van der Waals surface area contributed by atoms with E-state index in [9.17, 15) is 0 Å². The van der Waals surface area contributed by atoms with Gasteiger partial charge in [-0.2, -0.15) is 0 Å². The lowest BCUT2D eigenvalue weighted by Crippen LogP contribution is -2.29. The highest BCUT2D eigenvalue weighted by atomic mass is 14.9. The van der Waals surface area contributed by atoms with E-state index < -0.39 is 0 Å². The van der Waals surface area contributed by atoms with E-state index in [4.69, 9.17) is 0 Å². The van der Waals surface area contributed by atoms with Crippen LogP contribution in [0.1, 0.15) is 32.6 Å². The molecule has 3 rings (SSSR count). The topological polar surface area (TPSA) is 12.0 Å². The molecule has 0 saturated heterocycles. The molecule has 0 radical (unpaired) electrons. The Balaban J connectivity index is 1.43. The van der Waals surface area contributed by atoms with Crippen molar-refractivity contribution in [3.8, 4) is 0 Å². The number of hydrogen-bond acceptors (Lipinski definition) is 1. The summed E-state index contributed by atoms with van der Waals surface area (Å²) in [6, 6.07) is 0. The Bertz CT molecular complexity index is 252. The van der Waals surface area contributed by atoms with Gasteiger partial charge in [0.2, 0.25) is 0 Å². The number of fused-ring (bicyclic) bond motifs is 2. The molecule has 0 spiro atoms. The number of nitrogens with one attached hydrogen (secondary N) is 1. The molecule has 0 aliphatic heterocycles. The van der Waals surface area contributed by atoms with E-state index in [2.05, 4.69) is 24.4 Å². The molecule has 1 N–H and O–H groups in total. The minimum absolute atomic E-state index is 0.674. The van der Waals surface area contributed by atoms with Gasteiger partial charge in [0.05, 0.1) is 0 Å². The van der Waals surface area contributed by atoms with E-state index in [1.165, 1.54) is 38.8 Å². The molecule has 3 unspecified atom stereocenters. The van der Waals surface area contributed by atoms with E-state index in [0.29, 0.717) is 5.41 Å². The average Bonchev–Trinajstić information content (AvgIpc) is 2.65. The Labute approximate surface area is 87.0 Å². The molecule has 2 saturated carbocycles. The van der Waals surface area contributed by atoms with Crippen molar-refractivity contribution < 1.29 is 0 Å². The molecule has 1 heteroatoms. The molecule has 3 aliphatic carbocycles. The van der Waals surface area contributed by atoms with Crippen LogP contribution in [0.4, 0.5) is 0 Å². The van der Waals surface area contributed by atoms with Gasteiger partial charge in [0, 0.05) is 6.54 Å². The molecule has 0 aromatic heterocycles. The van der Waals surface area contributed by atoms with Gasteiger partial charge in [-0.05, 0) is 55.4 Å². The summed E-state index contributed by atoms with van der Waals surface area (Å²) in [5.41, 5.74) is 0.674. The predicted octanol–water partition coefficient (Wildman–Crippen LogP) is 2.59. The first-order valence-electron chi connectivity index (χ1n) is 6.14. The normalized spacial score (nSPS) is 41.9. The molecule has 78 valence electrons. The standard InChI is InChI=1S/C13H21N/c1-13(4-5-13)9-14-8-12-7-10-2-3-11(12)6-10/h2-3,10-12,14H,4-9H2,1H3. The lowest BCUT2D eigenvalue weighted by Gasteiger charge is -2.19. The van der Waals surface area contributed by atoms with Crippen molar-refractivity contribution in [3.05, 3.63) is 12.2 Å². The Morgan fingerprint density at radius 2 is 2.14 bits per heavy atom. The first-order valence-corrected chi connectivity index (χ1v) is 6.14. The zero-order valence-electron chi connectivity index (χ0n) is 9.13. The van der Waals surface area contributed by atoms with Gasteiger partial charge in [-0.15, -0.1) is 0 Å². The lowest BCUT2D eigenvalue weighted by atomic mass is 9.93. The van der Waals surface area contributed by atoms with Crippen molar-refractivity contribution in [3.63, 3.8) is 0 Å². The molecule has 3 atom stereocenters. The molecular formula is C13H21N.